The zero-order valence-electron chi connectivity index (χ0n) is 12.4. The Morgan fingerprint density at radius 2 is 2.10 bits per heavy atom. The summed E-state index contributed by atoms with van der Waals surface area (Å²) in [6.07, 6.45) is 5.92. The number of aromatic nitrogens is 3. The highest BCUT2D eigenvalue weighted by molar-refractivity contribution is 7.99. The molecular weight excluding hydrogens is 284 g/mol. The maximum absolute atomic E-state index is 12.2. The molecule has 1 unspecified atom stereocenters. The fourth-order valence-electron chi connectivity index (χ4n) is 2.85. The maximum Gasteiger partial charge on any atom is 0.235 e. The van der Waals surface area contributed by atoms with Crippen molar-refractivity contribution in [3.05, 3.63) is 30.2 Å². The molecule has 0 radical (unpaired) electrons. The lowest BCUT2D eigenvalue weighted by atomic mass is 9.96. The van der Waals surface area contributed by atoms with Gasteiger partial charge in [0.2, 0.25) is 5.91 Å². The van der Waals surface area contributed by atoms with Gasteiger partial charge in [-0.15, -0.1) is 10.2 Å². The van der Waals surface area contributed by atoms with E-state index in [9.17, 15) is 4.79 Å². The highest BCUT2D eigenvalue weighted by atomic mass is 32.2. The molecule has 2 aromatic heterocycles. The molecule has 0 aliphatic carbocycles. The smallest absolute Gasteiger partial charge is 0.235 e. The predicted molar refractivity (Wildman–Crippen MR) is 84.5 cm³/mol. The van der Waals surface area contributed by atoms with Crippen molar-refractivity contribution >= 4 is 23.3 Å². The Balaban J connectivity index is 1.70. The largest absolute Gasteiger partial charge is 0.342 e. The lowest BCUT2D eigenvalue weighted by Crippen LogP contribution is -2.41. The summed E-state index contributed by atoms with van der Waals surface area (Å²) in [7, 11) is 0. The van der Waals surface area contributed by atoms with Gasteiger partial charge in [-0.3, -0.25) is 9.20 Å². The van der Waals surface area contributed by atoms with Gasteiger partial charge < -0.3 is 4.90 Å². The molecule has 1 saturated heterocycles. The molecule has 0 aromatic carbocycles. The van der Waals surface area contributed by atoms with E-state index in [4.69, 9.17) is 0 Å². The number of carbonyl (C=O) groups excluding carboxylic acids is 1. The van der Waals surface area contributed by atoms with E-state index in [1.807, 2.05) is 42.5 Å². The second-order valence-corrected chi connectivity index (χ2v) is 6.64. The first-order chi connectivity index (χ1) is 10.2. The zero-order valence-corrected chi connectivity index (χ0v) is 13.2. The lowest BCUT2D eigenvalue weighted by molar-refractivity contribution is -0.131. The summed E-state index contributed by atoms with van der Waals surface area (Å²) in [5.74, 6) is 1.67. The van der Waals surface area contributed by atoms with Gasteiger partial charge >= 0.3 is 0 Å². The van der Waals surface area contributed by atoms with Crippen LogP contribution < -0.4 is 0 Å². The topological polar surface area (TPSA) is 50.5 Å². The minimum atomic E-state index is 0.0514. The number of rotatable bonds is 3. The highest BCUT2D eigenvalue weighted by Crippen LogP contribution is 2.27. The molecule has 3 rings (SSSR count). The summed E-state index contributed by atoms with van der Waals surface area (Å²) < 4.78 is 2.06. The molecule has 2 aromatic rings. The van der Waals surface area contributed by atoms with Gasteiger partial charge in [0, 0.05) is 25.2 Å². The lowest BCUT2D eigenvalue weighted by Gasteiger charge is -2.32. The van der Waals surface area contributed by atoms with E-state index < -0.39 is 0 Å². The third-order valence-electron chi connectivity index (χ3n) is 4.21. The number of hydrogen-bond donors (Lipinski definition) is 0. The molecule has 1 amide bonds. The molecule has 6 heteroatoms. The molecule has 5 nitrogen and oxygen atoms in total. The van der Waals surface area contributed by atoms with Crippen LogP contribution in [0.1, 0.15) is 31.5 Å². The summed E-state index contributed by atoms with van der Waals surface area (Å²) in [6, 6.07) is 5.94. The van der Waals surface area contributed by atoms with E-state index in [0.29, 0.717) is 5.92 Å². The quantitative estimate of drug-likeness (QED) is 0.872. The van der Waals surface area contributed by atoms with E-state index in [1.165, 1.54) is 0 Å². The summed E-state index contributed by atoms with van der Waals surface area (Å²) >= 11 is 1.61. The van der Waals surface area contributed by atoms with Gasteiger partial charge in [-0.05, 0) is 38.2 Å². The number of amides is 1. The van der Waals surface area contributed by atoms with Crippen molar-refractivity contribution in [3.8, 4) is 0 Å². The molecule has 0 bridgehead atoms. The molecule has 1 aliphatic rings. The minimum Gasteiger partial charge on any atom is -0.342 e. The number of nitrogens with zero attached hydrogens (tertiary/aromatic N) is 4. The van der Waals surface area contributed by atoms with Crippen molar-refractivity contribution in [2.75, 3.05) is 19.3 Å². The Morgan fingerprint density at radius 3 is 2.81 bits per heavy atom. The Morgan fingerprint density at radius 1 is 1.33 bits per heavy atom. The summed E-state index contributed by atoms with van der Waals surface area (Å²) in [4.78, 5) is 14.2. The average Bonchev–Trinajstić information content (AvgIpc) is 2.97. The minimum absolute atomic E-state index is 0.0514. The van der Waals surface area contributed by atoms with Crippen LogP contribution in [0.3, 0.4) is 0 Å². The van der Waals surface area contributed by atoms with E-state index in [1.54, 1.807) is 11.8 Å². The van der Waals surface area contributed by atoms with E-state index in [-0.39, 0.29) is 11.2 Å². The third kappa shape index (κ3) is 2.77. The average molecular weight is 304 g/mol. The monoisotopic (exact) mass is 304 g/mol. The first-order valence-electron chi connectivity index (χ1n) is 7.32. The summed E-state index contributed by atoms with van der Waals surface area (Å²) in [5, 5.41) is 8.62. The van der Waals surface area contributed by atoms with Crippen LogP contribution in [0.5, 0.6) is 0 Å². The van der Waals surface area contributed by atoms with E-state index in [2.05, 4.69) is 14.6 Å². The van der Waals surface area contributed by atoms with Crippen LogP contribution in [0.4, 0.5) is 0 Å². The Labute approximate surface area is 128 Å². The van der Waals surface area contributed by atoms with Crippen molar-refractivity contribution in [3.63, 3.8) is 0 Å². The van der Waals surface area contributed by atoms with Crippen molar-refractivity contribution in [1.82, 2.24) is 19.5 Å². The normalized spacial score (nSPS) is 18.1. The standard InChI is InChI=1S/C15H20N4OS/c1-11(21-2)15(20)18-9-6-12(7-10-18)14-17-16-13-5-3-4-8-19(13)14/h3-5,8,11-12H,6-7,9-10H2,1-2H3. The number of likely N-dealkylation sites (tertiary alicyclic amines) is 1. The molecular formula is C15H20N4OS. The molecule has 112 valence electrons. The molecule has 3 heterocycles. The van der Waals surface area contributed by atoms with Crippen molar-refractivity contribution < 1.29 is 4.79 Å². The molecule has 21 heavy (non-hydrogen) atoms. The van der Waals surface area contributed by atoms with Crippen molar-refractivity contribution in [2.45, 2.75) is 30.9 Å². The molecule has 1 atom stereocenters. The van der Waals surface area contributed by atoms with Crippen LogP contribution in [0.25, 0.3) is 5.65 Å². The van der Waals surface area contributed by atoms with Crippen LogP contribution in [0.2, 0.25) is 0 Å². The second kappa shape index (κ2) is 6.05. The van der Waals surface area contributed by atoms with Crippen LogP contribution >= 0.6 is 11.8 Å². The Hall–Kier alpha value is -1.56. The SMILES string of the molecule is CSC(C)C(=O)N1CCC(c2nnc3ccccn23)CC1. The zero-order chi connectivity index (χ0) is 14.8. The van der Waals surface area contributed by atoms with Gasteiger partial charge in [0.1, 0.15) is 5.82 Å². The van der Waals surface area contributed by atoms with Crippen LogP contribution in [0, 0.1) is 0 Å². The second-order valence-electron chi connectivity index (χ2n) is 5.46. The van der Waals surface area contributed by atoms with Crippen LogP contribution in [0.15, 0.2) is 24.4 Å². The number of carbonyl (C=O) groups is 1. The predicted octanol–water partition coefficient (Wildman–Crippen LogP) is 2.19. The highest BCUT2D eigenvalue weighted by Gasteiger charge is 2.28. The number of hydrogen-bond acceptors (Lipinski definition) is 4. The fraction of sp³-hybridized carbons (Fsp3) is 0.533. The molecule has 0 saturated carbocycles. The maximum atomic E-state index is 12.2. The first-order valence-corrected chi connectivity index (χ1v) is 8.60. The summed E-state index contributed by atoms with van der Waals surface area (Å²) in [5.41, 5.74) is 0.891. The van der Waals surface area contributed by atoms with Gasteiger partial charge in [0.25, 0.3) is 0 Å². The van der Waals surface area contributed by atoms with Crippen LogP contribution in [-0.4, -0.2) is 50.0 Å². The number of piperidine rings is 1. The van der Waals surface area contributed by atoms with Crippen LogP contribution in [-0.2, 0) is 4.79 Å². The third-order valence-corrected chi connectivity index (χ3v) is 5.12. The van der Waals surface area contributed by atoms with Gasteiger partial charge in [-0.25, -0.2) is 0 Å². The fourth-order valence-corrected chi connectivity index (χ4v) is 3.20. The van der Waals surface area contributed by atoms with E-state index in [0.717, 1.165) is 37.4 Å². The number of pyridine rings is 1. The summed E-state index contributed by atoms with van der Waals surface area (Å²) in [6.45, 7) is 3.61. The number of fused-ring (bicyclic) bond motifs is 1. The van der Waals surface area contributed by atoms with Gasteiger partial charge in [-0.1, -0.05) is 6.07 Å². The first kappa shape index (κ1) is 14.4. The molecule has 1 aliphatic heterocycles. The van der Waals surface area contributed by atoms with E-state index >= 15 is 0 Å². The van der Waals surface area contributed by atoms with Crippen molar-refractivity contribution in [1.29, 1.82) is 0 Å². The van der Waals surface area contributed by atoms with Gasteiger partial charge in [0.15, 0.2) is 5.65 Å². The Bertz CT molecular complexity index is 633. The molecule has 1 fully saturated rings. The molecule has 0 N–H and O–H groups in total. The molecule has 0 spiro atoms. The van der Waals surface area contributed by atoms with Crippen molar-refractivity contribution in [2.24, 2.45) is 0 Å². The van der Waals surface area contributed by atoms with Gasteiger partial charge in [-0.2, -0.15) is 11.8 Å². The van der Waals surface area contributed by atoms with Gasteiger partial charge in [0.05, 0.1) is 5.25 Å². The Kier molecular flexibility index (Phi) is 4.14. The number of thioether (sulfide) groups is 1.